The van der Waals surface area contributed by atoms with Crippen LogP contribution in [0.25, 0.3) is 0 Å². The molecule has 0 spiro atoms. The van der Waals surface area contributed by atoms with Gasteiger partial charge in [-0.25, -0.2) is 4.39 Å². The summed E-state index contributed by atoms with van der Waals surface area (Å²) in [7, 11) is 0. The Balaban J connectivity index is 2.05. The van der Waals surface area contributed by atoms with E-state index >= 15 is 0 Å². The summed E-state index contributed by atoms with van der Waals surface area (Å²) < 4.78 is 19.5. The maximum atomic E-state index is 14.1. The van der Waals surface area contributed by atoms with Crippen LogP contribution >= 0.6 is 0 Å². The number of hydrogen-bond donors (Lipinski definition) is 1. The summed E-state index contributed by atoms with van der Waals surface area (Å²) in [5.74, 6) is 0.242. The lowest BCUT2D eigenvalue weighted by Crippen LogP contribution is -2.42. The van der Waals surface area contributed by atoms with E-state index in [9.17, 15) is 4.39 Å². The molecule has 1 fully saturated rings. The van der Waals surface area contributed by atoms with Gasteiger partial charge in [0.05, 0.1) is 13.2 Å². The highest BCUT2D eigenvalue weighted by Gasteiger charge is 2.24. The zero-order chi connectivity index (χ0) is 15.1. The Morgan fingerprint density at radius 2 is 2.00 bits per heavy atom. The molecule has 2 rings (SSSR count). The SMILES string of the molecule is CCCNC(c1ccccc1F)C(C)CN1CCOCC1. The summed E-state index contributed by atoms with van der Waals surface area (Å²) in [5, 5.41) is 3.52. The first-order valence-corrected chi connectivity index (χ1v) is 8.00. The minimum Gasteiger partial charge on any atom is -0.379 e. The number of nitrogens with zero attached hydrogens (tertiary/aromatic N) is 1. The molecule has 3 nitrogen and oxygen atoms in total. The standard InChI is InChI=1S/C17H27FN2O/c1-3-8-19-17(15-6-4-5-7-16(15)18)14(2)13-20-9-11-21-12-10-20/h4-7,14,17,19H,3,8-13H2,1-2H3. The van der Waals surface area contributed by atoms with Crippen LogP contribution in [0.4, 0.5) is 4.39 Å². The summed E-state index contributed by atoms with van der Waals surface area (Å²) >= 11 is 0. The van der Waals surface area contributed by atoms with E-state index in [0.29, 0.717) is 5.92 Å². The van der Waals surface area contributed by atoms with E-state index in [-0.39, 0.29) is 11.9 Å². The molecular formula is C17H27FN2O. The second-order valence-corrected chi connectivity index (χ2v) is 5.84. The van der Waals surface area contributed by atoms with Crippen LogP contribution in [0.15, 0.2) is 24.3 Å². The van der Waals surface area contributed by atoms with Crippen LogP contribution in [0.5, 0.6) is 0 Å². The van der Waals surface area contributed by atoms with Gasteiger partial charge in [0.25, 0.3) is 0 Å². The Hall–Kier alpha value is -0.970. The maximum absolute atomic E-state index is 14.1. The summed E-state index contributed by atoms with van der Waals surface area (Å²) in [6.07, 6.45) is 1.05. The average Bonchev–Trinajstić information content (AvgIpc) is 2.50. The van der Waals surface area contributed by atoms with E-state index in [2.05, 4.69) is 24.1 Å². The number of rotatable bonds is 7. The van der Waals surface area contributed by atoms with Gasteiger partial charge in [-0.1, -0.05) is 32.0 Å². The Morgan fingerprint density at radius 3 is 2.67 bits per heavy atom. The molecule has 2 unspecified atom stereocenters. The minimum absolute atomic E-state index is 0.0639. The zero-order valence-corrected chi connectivity index (χ0v) is 13.1. The number of nitrogens with one attached hydrogen (secondary N) is 1. The maximum Gasteiger partial charge on any atom is 0.127 e. The van der Waals surface area contributed by atoms with Gasteiger partial charge >= 0.3 is 0 Å². The van der Waals surface area contributed by atoms with Crippen molar-refractivity contribution in [3.8, 4) is 0 Å². The van der Waals surface area contributed by atoms with E-state index in [4.69, 9.17) is 4.74 Å². The summed E-state index contributed by atoms with van der Waals surface area (Å²) in [6, 6.07) is 7.19. The predicted molar refractivity (Wildman–Crippen MR) is 83.9 cm³/mol. The fourth-order valence-electron chi connectivity index (χ4n) is 2.94. The molecule has 0 radical (unpaired) electrons. The lowest BCUT2D eigenvalue weighted by Gasteiger charge is -2.33. The normalized spacial score (nSPS) is 19.4. The van der Waals surface area contributed by atoms with E-state index in [1.165, 1.54) is 0 Å². The van der Waals surface area contributed by atoms with Gasteiger partial charge in [0.15, 0.2) is 0 Å². The first-order valence-electron chi connectivity index (χ1n) is 8.00. The van der Waals surface area contributed by atoms with E-state index in [1.54, 1.807) is 12.1 Å². The smallest absolute Gasteiger partial charge is 0.127 e. The number of hydrogen-bond acceptors (Lipinski definition) is 3. The third kappa shape index (κ3) is 4.77. The van der Waals surface area contributed by atoms with Gasteiger partial charge in [-0.3, -0.25) is 4.90 Å². The van der Waals surface area contributed by atoms with Crippen molar-refractivity contribution in [2.24, 2.45) is 5.92 Å². The molecular weight excluding hydrogens is 267 g/mol. The molecule has 1 aromatic rings. The molecule has 1 heterocycles. The summed E-state index contributed by atoms with van der Waals surface area (Å²) in [5.41, 5.74) is 0.784. The van der Waals surface area contributed by atoms with Crippen molar-refractivity contribution in [1.82, 2.24) is 10.2 Å². The summed E-state index contributed by atoms with van der Waals surface area (Å²) in [4.78, 5) is 2.41. The van der Waals surface area contributed by atoms with Gasteiger partial charge in [0, 0.05) is 31.2 Å². The van der Waals surface area contributed by atoms with Crippen LogP contribution in [-0.2, 0) is 4.74 Å². The molecule has 1 N–H and O–H groups in total. The highest BCUT2D eigenvalue weighted by Crippen LogP contribution is 2.25. The van der Waals surface area contributed by atoms with Crippen LogP contribution in [0, 0.1) is 11.7 Å². The van der Waals surface area contributed by atoms with Crippen LogP contribution in [-0.4, -0.2) is 44.3 Å². The third-order valence-electron chi connectivity index (χ3n) is 4.07. The number of halogens is 1. The molecule has 1 aliphatic rings. The van der Waals surface area contributed by atoms with Crippen LogP contribution < -0.4 is 5.32 Å². The molecule has 0 aromatic heterocycles. The van der Waals surface area contributed by atoms with Crippen molar-refractivity contribution in [2.45, 2.75) is 26.3 Å². The number of benzene rings is 1. The molecule has 1 aliphatic heterocycles. The second-order valence-electron chi connectivity index (χ2n) is 5.84. The van der Waals surface area contributed by atoms with E-state index in [0.717, 1.165) is 51.4 Å². The third-order valence-corrected chi connectivity index (χ3v) is 4.07. The summed E-state index contributed by atoms with van der Waals surface area (Å²) in [6.45, 7) is 9.78. The lowest BCUT2D eigenvalue weighted by atomic mass is 9.93. The molecule has 0 bridgehead atoms. The highest BCUT2D eigenvalue weighted by molar-refractivity contribution is 5.22. The van der Waals surface area contributed by atoms with Crippen molar-refractivity contribution in [2.75, 3.05) is 39.4 Å². The van der Waals surface area contributed by atoms with Crippen molar-refractivity contribution >= 4 is 0 Å². The van der Waals surface area contributed by atoms with Crippen LogP contribution in [0.2, 0.25) is 0 Å². The Bertz CT molecular complexity index is 421. The van der Waals surface area contributed by atoms with Gasteiger partial charge < -0.3 is 10.1 Å². The van der Waals surface area contributed by atoms with Crippen LogP contribution in [0.1, 0.15) is 31.9 Å². The molecule has 118 valence electrons. The second kappa shape index (κ2) is 8.47. The van der Waals surface area contributed by atoms with Crippen molar-refractivity contribution in [3.63, 3.8) is 0 Å². The first kappa shape index (κ1) is 16.4. The molecule has 21 heavy (non-hydrogen) atoms. The number of ether oxygens (including phenoxy) is 1. The van der Waals surface area contributed by atoms with Crippen LogP contribution in [0.3, 0.4) is 0 Å². The molecule has 2 atom stereocenters. The topological polar surface area (TPSA) is 24.5 Å². The average molecular weight is 294 g/mol. The highest BCUT2D eigenvalue weighted by atomic mass is 19.1. The fraction of sp³-hybridized carbons (Fsp3) is 0.647. The van der Waals surface area contributed by atoms with E-state index < -0.39 is 0 Å². The first-order chi connectivity index (χ1) is 10.2. The van der Waals surface area contributed by atoms with Gasteiger partial charge in [0.1, 0.15) is 5.82 Å². The molecule has 0 saturated carbocycles. The largest absolute Gasteiger partial charge is 0.379 e. The Labute approximate surface area is 127 Å². The minimum atomic E-state index is -0.111. The molecule has 0 aliphatic carbocycles. The monoisotopic (exact) mass is 294 g/mol. The fourth-order valence-corrected chi connectivity index (χ4v) is 2.94. The molecule has 1 saturated heterocycles. The van der Waals surface area contributed by atoms with Gasteiger partial charge in [-0.2, -0.15) is 0 Å². The van der Waals surface area contributed by atoms with E-state index in [1.807, 2.05) is 12.1 Å². The lowest BCUT2D eigenvalue weighted by molar-refractivity contribution is 0.0289. The van der Waals surface area contributed by atoms with Crippen molar-refractivity contribution in [1.29, 1.82) is 0 Å². The Morgan fingerprint density at radius 1 is 1.29 bits per heavy atom. The van der Waals surface area contributed by atoms with Crippen molar-refractivity contribution < 1.29 is 9.13 Å². The quantitative estimate of drug-likeness (QED) is 0.837. The zero-order valence-electron chi connectivity index (χ0n) is 13.1. The molecule has 1 aromatic carbocycles. The number of morpholine rings is 1. The van der Waals surface area contributed by atoms with Gasteiger partial charge in [0.2, 0.25) is 0 Å². The molecule has 4 heteroatoms. The van der Waals surface area contributed by atoms with Crippen molar-refractivity contribution in [3.05, 3.63) is 35.6 Å². The van der Waals surface area contributed by atoms with Gasteiger partial charge in [-0.05, 0) is 24.9 Å². The van der Waals surface area contributed by atoms with Gasteiger partial charge in [-0.15, -0.1) is 0 Å². The predicted octanol–water partition coefficient (Wildman–Crippen LogP) is 2.83. The Kier molecular flexibility index (Phi) is 6.61. The molecule has 0 amide bonds.